The van der Waals surface area contributed by atoms with Crippen LogP contribution in [-0.4, -0.2) is 35.4 Å². The first kappa shape index (κ1) is 27.8. The van der Waals surface area contributed by atoms with Gasteiger partial charge in [-0.3, -0.25) is 9.59 Å². The summed E-state index contributed by atoms with van der Waals surface area (Å²) in [7, 11) is 0. The number of aromatic nitrogens is 1. The molecule has 6 N–H and O–H groups in total. The molecule has 2 atom stereocenters. The lowest BCUT2D eigenvalue weighted by molar-refractivity contribution is -0.122. The van der Waals surface area contributed by atoms with Crippen molar-refractivity contribution in [1.29, 1.82) is 0 Å². The highest BCUT2D eigenvalue weighted by molar-refractivity contribution is 5.94. The summed E-state index contributed by atoms with van der Waals surface area (Å²) < 4.78 is 54.6. The van der Waals surface area contributed by atoms with Crippen molar-refractivity contribution >= 4 is 17.5 Å². The quantitative estimate of drug-likeness (QED) is 0.176. The number of hydrogen-bond donors (Lipinski definition) is 4. The van der Waals surface area contributed by atoms with Crippen LogP contribution < -0.4 is 22.1 Å². The standard InChI is InChI=1S/C26H27F4N5O2/c27-21-20(22(28)24(30)35-23(21)29)16-9-11-17(12-10-16)34-26(37)18(31)8-4-5-13-33-25(36)19(32)14-15-6-2-1-3-7-15/h1-3,6-7,9-12,18-19H,4-5,8,13-14,31-32H2,(H,33,36)(H,34,37). The molecule has 11 heteroatoms. The molecule has 1 aromatic heterocycles. The van der Waals surface area contributed by atoms with E-state index in [2.05, 4.69) is 15.6 Å². The van der Waals surface area contributed by atoms with Gasteiger partial charge >= 0.3 is 0 Å². The molecule has 0 radical (unpaired) electrons. The summed E-state index contributed by atoms with van der Waals surface area (Å²) in [6.07, 6.45) is 1.94. The highest BCUT2D eigenvalue weighted by Gasteiger charge is 2.22. The molecule has 2 amide bonds. The van der Waals surface area contributed by atoms with Gasteiger partial charge in [-0.15, -0.1) is 0 Å². The Morgan fingerprint density at radius 2 is 1.43 bits per heavy atom. The Bertz CT molecular complexity index is 1200. The summed E-state index contributed by atoms with van der Waals surface area (Å²) in [4.78, 5) is 27.0. The minimum Gasteiger partial charge on any atom is -0.355 e. The lowest BCUT2D eigenvalue weighted by atomic mass is 10.0. The lowest BCUT2D eigenvalue weighted by Crippen LogP contribution is -2.42. The number of pyridine rings is 1. The third kappa shape index (κ3) is 7.58. The molecule has 3 aromatic rings. The number of anilines is 1. The van der Waals surface area contributed by atoms with E-state index in [0.29, 0.717) is 32.2 Å². The second-order valence-corrected chi connectivity index (χ2v) is 8.45. The van der Waals surface area contributed by atoms with Crippen LogP contribution in [0.3, 0.4) is 0 Å². The van der Waals surface area contributed by atoms with Crippen molar-refractivity contribution in [2.75, 3.05) is 11.9 Å². The van der Waals surface area contributed by atoms with Gasteiger partial charge in [0.1, 0.15) is 0 Å². The normalized spacial score (nSPS) is 12.6. The monoisotopic (exact) mass is 517 g/mol. The fourth-order valence-electron chi connectivity index (χ4n) is 3.62. The molecule has 37 heavy (non-hydrogen) atoms. The van der Waals surface area contributed by atoms with E-state index in [1.54, 1.807) is 0 Å². The van der Waals surface area contributed by atoms with Crippen molar-refractivity contribution in [3.8, 4) is 11.1 Å². The Balaban J connectivity index is 1.41. The molecule has 0 aliphatic rings. The molecule has 0 aliphatic heterocycles. The first-order valence-electron chi connectivity index (χ1n) is 11.6. The van der Waals surface area contributed by atoms with Crippen molar-refractivity contribution in [1.82, 2.24) is 10.3 Å². The molecule has 2 aromatic carbocycles. The van der Waals surface area contributed by atoms with Gasteiger partial charge in [0.05, 0.1) is 17.6 Å². The first-order valence-corrected chi connectivity index (χ1v) is 11.6. The molecule has 0 aliphatic carbocycles. The van der Waals surface area contributed by atoms with Gasteiger partial charge in [0.15, 0.2) is 11.6 Å². The minimum absolute atomic E-state index is 0.136. The molecule has 0 fully saturated rings. The third-order valence-corrected chi connectivity index (χ3v) is 5.65. The van der Waals surface area contributed by atoms with Crippen molar-refractivity contribution in [2.24, 2.45) is 11.5 Å². The third-order valence-electron chi connectivity index (χ3n) is 5.65. The number of unbranched alkanes of at least 4 members (excludes halogenated alkanes) is 1. The Labute approximate surface area is 211 Å². The molecule has 0 saturated heterocycles. The van der Waals surface area contributed by atoms with Gasteiger partial charge in [-0.1, -0.05) is 42.5 Å². The first-order chi connectivity index (χ1) is 17.7. The fourth-order valence-corrected chi connectivity index (χ4v) is 3.62. The molecule has 7 nitrogen and oxygen atoms in total. The van der Waals surface area contributed by atoms with E-state index in [4.69, 9.17) is 11.5 Å². The number of halogens is 4. The SMILES string of the molecule is NC(Cc1ccccc1)C(=O)NCCCCC(N)C(=O)Nc1ccc(-c2c(F)c(F)nc(F)c2F)cc1. The predicted molar refractivity (Wildman–Crippen MR) is 131 cm³/mol. The topological polar surface area (TPSA) is 123 Å². The second kappa shape index (κ2) is 12.9. The Hall–Kier alpha value is -3.83. The van der Waals surface area contributed by atoms with Crippen LogP contribution in [0, 0.1) is 23.5 Å². The van der Waals surface area contributed by atoms with Gasteiger partial charge in [0, 0.05) is 12.2 Å². The molecular weight excluding hydrogens is 490 g/mol. The molecule has 3 rings (SSSR count). The van der Waals surface area contributed by atoms with Crippen molar-refractivity contribution in [3.05, 3.63) is 83.7 Å². The molecule has 0 spiro atoms. The summed E-state index contributed by atoms with van der Waals surface area (Å²) in [5, 5.41) is 5.34. The van der Waals surface area contributed by atoms with Crippen molar-refractivity contribution in [2.45, 2.75) is 37.8 Å². The fraction of sp³-hybridized carbons (Fsp3) is 0.269. The number of nitrogens with two attached hydrogens (primary N) is 2. The van der Waals surface area contributed by atoms with Crippen LogP contribution in [0.15, 0.2) is 54.6 Å². The zero-order valence-electron chi connectivity index (χ0n) is 19.8. The number of nitrogens with zero attached hydrogens (tertiary/aromatic N) is 1. The van der Waals surface area contributed by atoms with Gasteiger partial charge in [0.25, 0.3) is 11.9 Å². The summed E-state index contributed by atoms with van der Waals surface area (Å²) >= 11 is 0. The highest BCUT2D eigenvalue weighted by atomic mass is 19.2. The maximum Gasteiger partial charge on any atom is 0.252 e. The Kier molecular flexibility index (Phi) is 9.70. The average Bonchev–Trinajstić information content (AvgIpc) is 2.88. The Morgan fingerprint density at radius 3 is 2.05 bits per heavy atom. The van der Waals surface area contributed by atoms with Gasteiger partial charge < -0.3 is 22.1 Å². The summed E-state index contributed by atoms with van der Waals surface area (Å²) in [5.41, 5.74) is 12.1. The second-order valence-electron chi connectivity index (χ2n) is 8.45. The van der Waals surface area contributed by atoms with Crippen LogP contribution in [0.4, 0.5) is 23.2 Å². The number of amides is 2. The minimum atomic E-state index is -1.76. The summed E-state index contributed by atoms with van der Waals surface area (Å²) in [6.45, 7) is 0.389. The van der Waals surface area contributed by atoms with Crippen molar-refractivity contribution < 1.29 is 27.2 Å². The van der Waals surface area contributed by atoms with Crippen LogP contribution in [0.25, 0.3) is 11.1 Å². The van der Waals surface area contributed by atoms with Gasteiger partial charge in [-0.25, -0.2) is 8.78 Å². The molecule has 1 heterocycles. The van der Waals surface area contributed by atoms with Crippen molar-refractivity contribution in [3.63, 3.8) is 0 Å². The van der Waals surface area contributed by atoms with Crippen LogP contribution in [0.5, 0.6) is 0 Å². The van der Waals surface area contributed by atoms with E-state index in [1.165, 1.54) is 24.3 Å². The molecule has 0 bridgehead atoms. The smallest absolute Gasteiger partial charge is 0.252 e. The maximum atomic E-state index is 13.9. The van der Waals surface area contributed by atoms with E-state index in [1.807, 2.05) is 30.3 Å². The molecule has 0 saturated carbocycles. The summed E-state index contributed by atoms with van der Waals surface area (Å²) in [6, 6.07) is 13.0. The Morgan fingerprint density at radius 1 is 0.811 bits per heavy atom. The molecule has 196 valence electrons. The zero-order valence-corrected chi connectivity index (χ0v) is 19.8. The number of carbonyl (C=O) groups excluding carboxylic acids is 2. The van der Waals surface area contributed by atoms with E-state index < -0.39 is 47.1 Å². The van der Waals surface area contributed by atoms with E-state index in [-0.39, 0.29) is 17.2 Å². The van der Waals surface area contributed by atoms with Crippen LogP contribution in [0.2, 0.25) is 0 Å². The van der Waals surface area contributed by atoms with Crippen LogP contribution in [-0.2, 0) is 16.0 Å². The van der Waals surface area contributed by atoms with Crippen LogP contribution in [0.1, 0.15) is 24.8 Å². The number of hydrogen-bond acceptors (Lipinski definition) is 5. The number of carbonyl (C=O) groups is 2. The van der Waals surface area contributed by atoms with Crippen LogP contribution >= 0.6 is 0 Å². The average molecular weight is 518 g/mol. The van der Waals surface area contributed by atoms with E-state index in [0.717, 1.165) is 5.56 Å². The van der Waals surface area contributed by atoms with Gasteiger partial charge in [0.2, 0.25) is 11.8 Å². The maximum absolute atomic E-state index is 13.9. The number of rotatable bonds is 11. The highest BCUT2D eigenvalue weighted by Crippen LogP contribution is 2.29. The molecular formula is C26H27F4N5O2. The molecule has 2 unspecified atom stereocenters. The van der Waals surface area contributed by atoms with Gasteiger partial charge in [-0.05, 0) is 48.9 Å². The number of benzene rings is 2. The van der Waals surface area contributed by atoms with E-state index in [9.17, 15) is 27.2 Å². The number of nitrogens with one attached hydrogen (secondary N) is 2. The summed E-state index contributed by atoms with van der Waals surface area (Å²) in [5.74, 6) is -7.50. The van der Waals surface area contributed by atoms with Gasteiger partial charge in [-0.2, -0.15) is 13.8 Å². The zero-order chi connectivity index (χ0) is 26.9. The predicted octanol–water partition coefficient (Wildman–Crippen LogP) is 3.43. The largest absolute Gasteiger partial charge is 0.355 e. The van der Waals surface area contributed by atoms with E-state index >= 15 is 0 Å². The lowest BCUT2D eigenvalue weighted by Gasteiger charge is -2.14.